The molecule has 7 nitrogen and oxygen atoms in total. The van der Waals surface area contributed by atoms with Crippen molar-refractivity contribution >= 4 is 17.7 Å². The summed E-state index contributed by atoms with van der Waals surface area (Å²) in [7, 11) is 0. The molecule has 0 fully saturated rings. The molecule has 1 N–H and O–H groups in total. The van der Waals surface area contributed by atoms with Crippen LogP contribution >= 0.6 is 0 Å². The van der Waals surface area contributed by atoms with Crippen molar-refractivity contribution in [1.82, 2.24) is 14.7 Å². The third kappa shape index (κ3) is 5.70. The van der Waals surface area contributed by atoms with Gasteiger partial charge in [-0.05, 0) is 63.1 Å². The molecule has 1 atom stereocenters. The Labute approximate surface area is 204 Å². The minimum atomic E-state index is -0.626. The second-order valence-corrected chi connectivity index (χ2v) is 10.1. The zero-order chi connectivity index (χ0) is 25.3. The van der Waals surface area contributed by atoms with E-state index in [4.69, 9.17) is 4.74 Å². The highest BCUT2D eigenvalue weighted by Crippen LogP contribution is 2.32. The molecule has 8 heteroatoms. The lowest BCUT2D eigenvalue weighted by molar-refractivity contribution is 0.0206. The Kier molecular flexibility index (Phi) is 6.65. The van der Waals surface area contributed by atoms with Crippen LogP contribution in [-0.4, -0.2) is 38.8 Å². The fraction of sp³-hybridized carbons (Fsp3) is 0.370. The van der Waals surface area contributed by atoms with E-state index in [-0.39, 0.29) is 29.9 Å². The third-order valence-electron chi connectivity index (χ3n) is 5.79. The highest BCUT2D eigenvalue weighted by Gasteiger charge is 2.35. The Hall–Kier alpha value is -3.68. The van der Waals surface area contributed by atoms with Crippen molar-refractivity contribution < 1.29 is 18.7 Å². The van der Waals surface area contributed by atoms with Gasteiger partial charge in [0, 0.05) is 29.4 Å². The number of hydrogen-bond acceptors (Lipinski definition) is 4. The minimum absolute atomic E-state index is 0.0836. The Balaban J connectivity index is 1.70. The van der Waals surface area contributed by atoms with Crippen LogP contribution in [0.5, 0.6) is 0 Å². The number of amides is 2. The molecular formula is C27H31FN4O3. The largest absolute Gasteiger partial charge is 0.444 e. The van der Waals surface area contributed by atoms with Crippen molar-refractivity contribution in [3.05, 3.63) is 82.4 Å². The van der Waals surface area contributed by atoms with Gasteiger partial charge >= 0.3 is 6.09 Å². The first kappa shape index (κ1) is 24.4. The van der Waals surface area contributed by atoms with Gasteiger partial charge in [0.25, 0.3) is 5.91 Å². The number of hydrogen-bond donors (Lipinski definition) is 1. The van der Waals surface area contributed by atoms with Gasteiger partial charge in [-0.2, -0.15) is 5.10 Å². The molecule has 2 amide bonds. The number of rotatable bonds is 4. The van der Waals surface area contributed by atoms with Crippen molar-refractivity contribution in [1.29, 1.82) is 0 Å². The van der Waals surface area contributed by atoms with Gasteiger partial charge in [0.15, 0.2) is 5.69 Å². The molecule has 1 aliphatic heterocycles. The van der Waals surface area contributed by atoms with Crippen LogP contribution in [0.15, 0.2) is 48.5 Å². The normalized spacial score (nSPS) is 15.5. The molecule has 1 unspecified atom stereocenters. The van der Waals surface area contributed by atoms with Gasteiger partial charge in [-0.25, -0.2) is 9.18 Å². The molecule has 1 aliphatic rings. The van der Waals surface area contributed by atoms with Crippen LogP contribution in [0.2, 0.25) is 0 Å². The fourth-order valence-electron chi connectivity index (χ4n) is 4.34. The van der Waals surface area contributed by atoms with Gasteiger partial charge in [-0.3, -0.25) is 9.48 Å². The molecule has 0 spiro atoms. The number of carbonyl (C=O) groups excluding carboxylic acids is 2. The van der Waals surface area contributed by atoms with Crippen LogP contribution in [0.4, 0.5) is 14.9 Å². The second kappa shape index (κ2) is 9.52. The quantitative estimate of drug-likeness (QED) is 0.538. The summed E-state index contributed by atoms with van der Waals surface area (Å²) < 4.78 is 20.8. The molecule has 184 valence electrons. The number of fused-ring (bicyclic) bond motifs is 1. The predicted octanol–water partition coefficient (Wildman–Crippen LogP) is 5.49. The molecule has 0 saturated carbocycles. The van der Waals surface area contributed by atoms with E-state index in [1.54, 1.807) is 21.7 Å². The van der Waals surface area contributed by atoms with Gasteiger partial charge < -0.3 is 15.0 Å². The molecule has 2 heterocycles. The maximum atomic E-state index is 13.4. The number of benzene rings is 2. The number of anilines is 1. The summed E-state index contributed by atoms with van der Waals surface area (Å²) in [6, 6.07) is 13.8. The maximum Gasteiger partial charge on any atom is 0.410 e. The number of nitrogens with zero attached hydrogens (tertiary/aromatic N) is 3. The number of aryl methyl sites for hydroxylation is 1. The molecule has 4 rings (SSSR count). The Bertz CT molecular complexity index is 1240. The fourth-order valence-corrected chi connectivity index (χ4v) is 4.34. The first-order valence-corrected chi connectivity index (χ1v) is 11.7. The average molecular weight is 479 g/mol. The van der Waals surface area contributed by atoms with E-state index >= 15 is 0 Å². The van der Waals surface area contributed by atoms with Gasteiger partial charge in [-0.15, -0.1) is 0 Å². The van der Waals surface area contributed by atoms with Gasteiger partial charge in [0.1, 0.15) is 11.4 Å². The van der Waals surface area contributed by atoms with Crippen LogP contribution in [0, 0.1) is 12.7 Å². The molecule has 0 saturated heterocycles. The van der Waals surface area contributed by atoms with E-state index in [2.05, 4.69) is 10.4 Å². The summed E-state index contributed by atoms with van der Waals surface area (Å²) in [5.41, 5.74) is 3.79. The number of halogens is 1. The zero-order valence-electron chi connectivity index (χ0n) is 20.8. The standard InChI is InChI=1S/C27H31FN4O3/c1-17-7-6-8-21(13-17)29-25(33)23-22-16-31(26(34)35-27(3,4)5)14-18(2)24(22)32(30-23)15-19-9-11-20(28)12-10-19/h6-13,18H,14-16H2,1-5H3,(H,29,33). The summed E-state index contributed by atoms with van der Waals surface area (Å²) in [5.74, 6) is -0.737. The Morgan fingerprint density at radius 2 is 1.89 bits per heavy atom. The first-order valence-electron chi connectivity index (χ1n) is 11.7. The van der Waals surface area contributed by atoms with Gasteiger partial charge in [0.05, 0.1) is 13.1 Å². The zero-order valence-corrected chi connectivity index (χ0v) is 20.8. The minimum Gasteiger partial charge on any atom is -0.444 e. The van der Waals surface area contributed by atoms with Crippen LogP contribution in [0.25, 0.3) is 0 Å². The molecule has 1 aromatic heterocycles. The summed E-state index contributed by atoms with van der Waals surface area (Å²) in [6.45, 7) is 10.5. The van der Waals surface area contributed by atoms with Crippen LogP contribution in [0.3, 0.4) is 0 Å². The molecule has 0 bridgehead atoms. The monoisotopic (exact) mass is 478 g/mol. The maximum absolute atomic E-state index is 13.4. The predicted molar refractivity (Wildman–Crippen MR) is 132 cm³/mol. The first-order chi connectivity index (χ1) is 16.5. The van der Waals surface area contributed by atoms with E-state index in [9.17, 15) is 14.0 Å². The van der Waals surface area contributed by atoms with Gasteiger partial charge in [0.2, 0.25) is 0 Å². The topological polar surface area (TPSA) is 76.5 Å². The third-order valence-corrected chi connectivity index (χ3v) is 5.79. The summed E-state index contributed by atoms with van der Waals surface area (Å²) >= 11 is 0. The number of carbonyl (C=O) groups is 2. The van der Waals surface area contributed by atoms with E-state index in [1.807, 2.05) is 58.9 Å². The van der Waals surface area contributed by atoms with Crippen molar-refractivity contribution in [3.8, 4) is 0 Å². The van der Waals surface area contributed by atoms with Gasteiger partial charge in [-0.1, -0.05) is 31.2 Å². The molecule has 3 aromatic rings. The lowest BCUT2D eigenvalue weighted by atomic mass is 9.96. The van der Waals surface area contributed by atoms with Crippen molar-refractivity contribution in [2.45, 2.75) is 59.2 Å². The lowest BCUT2D eigenvalue weighted by Gasteiger charge is -2.33. The molecule has 0 aliphatic carbocycles. The highest BCUT2D eigenvalue weighted by atomic mass is 19.1. The van der Waals surface area contributed by atoms with Crippen LogP contribution < -0.4 is 5.32 Å². The molecule has 2 aromatic carbocycles. The number of ether oxygens (including phenoxy) is 1. The Morgan fingerprint density at radius 3 is 2.54 bits per heavy atom. The summed E-state index contributed by atoms with van der Waals surface area (Å²) in [6.07, 6.45) is -0.425. The Morgan fingerprint density at radius 1 is 1.17 bits per heavy atom. The van der Waals surface area contributed by atoms with Crippen LogP contribution in [0.1, 0.15) is 66.5 Å². The van der Waals surface area contributed by atoms with E-state index in [1.165, 1.54) is 12.1 Å². The van der Waals surface area contributed by atoms with Crippen molar-refractivity contribution in [2.75, 3.05) is 11.9 Å². The van der Waals surface area contributed by atoms with E-state index in [0.717, 1.165) is 16.8 Å². The molecular weight excluding hydrogens is 447 g/mol. The second-order valence-electron chi connectivity index (χ2n) is 10.1. The van der Waals surface area contributed by atoms with E-state index in [0.29, 0.717) is 24.3 Å². The summed E-state index contributed by atoms with van der Waals surface area (Å²) in [4.78, 5) is 27.8. The smallest absolute Gasteiger partial charge is 0.410 e. The molecule has 0 radical (unpaired) electrons. The number of nitrogens with one attached hydrogen (secondary N) is 1. The van der Waals surface area contributed by atoms with E-state index < -0.39 is 11.7 Å². The van der Waals surface area contributed by atoms with Crippen LogP contribution in [-0.2, 0) is 17.8 Å². The highest BCUT2D eigenvalue weighted by molar-refractivity contribution is 6.04. The average Bonchev–Trinajstić information content (AvgIpc) is 3.13. The van der Waals surface area contributed by atoms with Crippen molar-refractivity contribution in [3.63, 3.8) is 0 Å². The SMILES string of the molecule is Cc1cccc(NC(=O)c2nn(Cc3ccc(F)cc3)c3c2CN(C(=O)OC(C)(C)C)CC3C)c1. The number of aromatic nitrogens is 2. The molecule has 35 heavy (non-hydrogen) atoms. The van der Waals surface area contributed by atoms with Crippen molar-refractivity contribution in [2.24, 2.45) is 0 Å². The lowest BCUT2D eigenvalue weighted by Crippen LogP contribution is -2.41. The summed E-state index contributed by atoms with van der Waals surface area (Å²) in [5, 5.41) is 7.61.